The zero-order valence-corrected chi connectivity index (χ0v) is 14.6. The van der Waals surface area contributed by atoms with Crippen LogP contribution in [0.25, 0.3) is 10.8 Å². The van der Waals surface area contributed by atoms with Gasteiger partial charge >= 0.3 is 0 Å². The van der Waals surface area contributed by atoms with Crippen molar-refractivity contribution in [1.82, 2.24) is 15.2 Å². The Morgan fingerprint density at radius 2 is 1.88 bits per heavy atom. The molecule has 25 heavy (non-hydrogen) atoms. The average molecular weight is 333 g/mol. The molecule has 1 heterocycles. The van der Waals surface area contributed by atoms with Gasteiger partial charge in [0.25, 0.3) is 5.91 Å². The molecule has 0 saturated heterocycles. The van der Waals surface area contributed by atoms with Gasteiger partial charge in [-0.05, 0) is 56.2 Å². The van der Waals surface area contributed by atoms with Gasteiger partial charge in [-0.25, -0.2) is 0 Å². The lowest BCUT2D eigenvalue weighted by Crippen LogP contribution is -2.31. The molecule has 1 amide bonds. The summed E-state index contributed by atoms with van der Waals surface area (Å²) in [5.74, 6) is -0.0497. The van der Waals surface area contributed by atoms with Crippen LogP contribution in [0.3, 0.4) is 0 Å². The van der Waals surface area contributed by atoms with Crippen LogP contribution in [0.15, 0.2) is 67.0 Å². The lowest BCUT2D eigenvalue weighted by Gasteiger charge is -2.21. The number of nitrogens with one attached hydrogen (secondary N) is 1. The molecule has 3 aromatic rings. The molecule has 0 radical (unpaired) electrons. The second kappa shape index (κ2) is 7.90. The van der Waals surface area contributed by atoms with Gasteiger partial charge in [-0.1, -0.05) is 36.4 Å². The van der Waals surface area contributed by atoms with Gasteiger partial charge < -0.3 is 10.2 Å². The highest BCUT2D eigenvalue weighted by atomic mass is 16.1. The summed E-state index contributed by atoms with van der Waals surface area (Å²) in [6, 6.07) is 17.8. The molecule has 0 aliphatic carbocycles. The fourth-order valence-corrected chi connectivity index (χ4v) is 2.86. The van der Waals surface area contributed by atoms with Crippen molar-refractivity contribution in [1.29, 1.82) is 0 Å². The molecule has 128 valence electrons. The molecule has 0 bridgehead atoms. The van der Waals surface area contributed by atoms with Gasteiger partial charge in [-0.15, -0.1) is 0 Å². The van der Waals surface area contributed by atoms with E-state index in [0.717, 1.165) is 29.3 Å². The first-order valence-electron chi connectivity index (χ1n) is 8.48. The SMILES string of the molecule is CN(C)CC[C@@H](NC(=O)c1ccc2cnccc2c1)c1ccccc1. The normalized spacial score (nSPS) is 12.3. The molecule has 0 aliphatic rings. The monoisotopic (exact) mass is 333 g/mol. The number of benzene rings is 2. The minimum Gasteiger partial charge on any atom is -0.345 e. The molecule has 4 nitrogen and oxygen atoms in total. The molecule has 1 atom stereocenters. The number of nitrogens with zero attached hydrogens (tertiary/aromatic N) is 2. The second-order valence-electron chi connectivity index (χ2n) is 6.47. The van der Waals surface area contributed by atoms with Crippen molar-refractivity contribution >= 4 is 16.7 Å². The highest BCUT2D eigenvalue weighted by Gasteiger charge is 2.16. The number of carbonyl (C=O) groups excluding carboxylic acids is 1. The van der Waals surface area contributed by atoms with Crippen molar-refractivity contribution in [3.63, 3.8) is 0 Å². The number of carbonyl (C=O) groups is 1. The van der Waals surface area contributed by atoms with Gasteiger partial charge in [0.2, 0.25) is 0 Å². The first kappa shape index (κ1) is 17.1. The fraction of sp³-hybridized carbons (Fsp3) is 0.238. The number of hydrogen-bond acceptors (Lipinski definition) is 3. The number of fused-ring (bicyclic) bond motifs is 1. The van der Waals surface area contributed by atoms with Crippen molar-refractivity contribution in [3.05, 3.63) is 78.1 Å². The van der Waals surface area contributed by atoms with E-state index in [1.165, 1.54) is 0 Å². The zero-order valence-electron chi connectivity index (χ0n) is 14.6. The topological polar surface area (TPSA) is 45.2 Å². The predicted molar refractivity (Wildman–Crippen MR) is 102 cm³/mol. The van der Waals surface area contributed by atoms with E-state index in [1.807, 2.05) is 56.6 Å². The standard InChI is InChI=1S/C21H23N3O/c1-24(2)13-11-20(16-6-4-3-5-7-16)23-21(25)18-8-9-19-15-22-12-10-17(19)14-18/h3-10,12,14-15,20H,11,13H2,1-2H3,(H,23,25)/t20-/m1/s1. The van der Waals surface area contributed by atoms with Gasteiger partial charge in [-0.3, -0.25) is 9.78 Å². The number of aromatic nitrogens is 1. The minimum atomic E-state index is -0.0497. The Morgan fingerprint density at radius 3 is 2.64 bits per heavy atom. The maximum absolute atomic E-state index is 12.8. The van der Waals surface area contributed by atoms with E-state index in [-0.39, 0.29) is 11.9 Å². The summed E-state index contributed by atoms with van der Waals surface area (Å²) >= 11 is 0. The summed E-state index contributed by atoms with van der Waals surface area (Å²) < 4.78 is 0. The van der Waals surface area contributed by atoms with Crippen LogP contribution < -0.4 is 5.32 Å². The molecule has 1 N–H and O–H groups in total. The highest BCUT2D eigenvalue weighted by molar-refractivity contribution is 5.98. The Hall–Kier alpha value is -2.72. The van der Waals surface area contributed by atoms with E-state index in [9.17, 15) is 4.79 Å². The highest BCUT2D eigenvalue weighted by Crippen LogP contribution is 2.19. The van der Waals surface area contributed by atoms with Crippen molar-refractivity contribution in [3.8, 4) is 0 Å². The molecule has 0 saturated carbocycles. The number of rotatable bonds is 6. The Labute approximate surface area is 148 Å². The summed E-state index contributed by atoms with van der Waals surface area (Å²) in [4.78, 5) is 19.0. The first-order chi connectivity index (χ1) is 12.1. The number of pyridine rings is 1. The van der Waals surface area contributed by atoms with E-state index < -0.39 is 0 Å². The van der Waals surface area contributed by atoms with Gasteiger partial charge in [0, 0.05) is 23.3 Å². The maximum atomic E-state index is 12.8. The summed E-state index contributed by atoms with van der Waals surface area (Å²) in [5.41, 5.74) is 1.80. The van der Waals surface area contributed by atoms with Crippen LogP contribution in [0.4, 0.5) is 0 Å². The lowest BCUT2D eigenvalue weighted by atomic mass is 10.0. The van der Waals surface area contributed by atoms with Crippen molar-refractivity contribution in [2.24, 2.45) is 0 Å². The van der Waals surface area contributed by atoms with Gasteiger partial charge in [-0.2, -0.15) is 0 Å². The smallest absolute Gasteiger partial charge is 0.251 e. The van der Waals surface area contributed by atoms with Crippen LogP contribution in [0.2, 0.25) is 0 Å². The van der Waals surface area contributed by atoms with Crippen LogP contribution in [0, 0.1) is 0 Å². The van der Waals surface area contributed by atoms with Gasteiger partial charge in [0.15, 0.2) is 0 Å². The average Bonchev–Trinajstić information content (AvgIpc) is 2.65. The van der Waals surface area contributed by atoms with Crippen molar-refractivity contribution in [2.45, 2.75) is 12.5 Å². The minimum absolute atomic E-state index is 0.00997. The zero-order chi connectivity index (χ0) is 17.6. The Bertz CT molecular complexity index is 846. The summed E-state index contributed by atoms with van der Waals surface area (Å²) in [5, 5.41) is 5.24. The second-order valence-corrected chi connectivity index (χ2v) is 6.47. The van der Waals surface area contributed by atoms with E-state index in [2.05, 4.69) is 27.3 Å². The summed E-state index contributed by atoms with van der Waals surface area (Å²) in [6.07, 6.45) is 4.41. The lowest BCUT2D eigenvalue weighted by molar-refractivity contribution is 0.0933. The first-order valence-corrected chi connectivity index (χ1v) is 8.48. The molecule has 0 spiro atoms. The third-order valence-corrected chi connectivity index (χ3v) is 4.28. The van der Waals surface area contributed by atoms with Crippen LogP contribution in [-0.4, -0.2) is 36.4 Å². The van der Waals surface area contributed by atoms with E-state index >= 15 is 0 Å². The molecule has 1 aromatic heterocycles. The molecule has 2 aromatic carbocycles. The fourth-order valence-electron chi connectivity index (χ4n) is 2.86. The third kappa shape index (κ3) is 4.43. The molecular weight excluding hydrogens is 310 g/mol. The Morgan fingerprint density at radius 1 is 1.08 bits per heavy atom. The van der Waals surface area contributed by atoms with E-state index in [1.54, 1.807) is 12.4 Å². The van der Waals surface area contributed by atoms with Crippen LogP contribution in [0.1, 0.15) is 28.4 Å². The Kier molecular flexibility index (Phi) is 5.41. The molecule has 0 fully saturated rings. The Balaban J connectivity index is 1.80. The van der Waals surface area contributed by atoms with Crippen molar-refractivity contribution in [2.75, 3.05) is 20.6 Å². The molecule has 3 rings (SSSR count). The number of amides is 1. The maximum Gasteiger partial charge on any atom is 0.251 e. The molecule has 0 aliphatic heterocycles. The van der Waals surface area contributed by atoms with Crippen molar-refractivity contribution < 1.29 is 4.79 Å². The quantitative estimate of drug-likeness (QED) is 0.749. The molecular formula is C21H23N3O. The predicted octanol–water partition coefficient (Wildman–Crippen LogP) is 3.66. The van der Waals surface area contributed by atoms with Crippen LogP contribution in [0.5, 0.6) is 0 Å². The number of hydrogen-bond donors (Lipinski definition) is 1. The van der Waals surface area contributed by atoms with Gasteiger partial charge in [0.05, 0.1) is 6.04 Å². The largest absolute Gasteiger partial charge is 0.345 e. The van der Waals surface area contributed by atoms with Gasteiger partial charge in [0.1, 0.15) is 0 Å². The van der Waals surface area contributed by atoms with E-state index in [4.69, 9.17) is 0 Å². The third-order valence-electron chi connectivity index (χ3n) is 4.28. The van der Waals surface area contributed by atoms with Crippen LogP contribution >= 0.6 is 0 Å². The summed E-state index contributed by atoms with van der Waals surface area (Å²) in [6.45, 7) is 0.906. The molecule has 4 heteroatoms. The van der Waals surface area contributed by atoms with E-state index in [0.29, 0.717) is 5.56 Å². The molecule has 0 unspecified atom stereocenters. The van der Waals surface area contributed by atoms with Crippen LogP contribution in [-0.2, 0) is 0 Å². The summed E-state index contributed by atoms with van der Waals surface area (Å²) in [7, 11) is 4.09.